The first kappa shape index (κ1) is 43.1. The van der Waals surface area contributed by atoms with Gasteiger partial charge in [0.05, 0.1) is 0 Å². The molecular formula is Ge3O12P4. The van der Waals surface area contributed by atoms with E-state index in [1.807, 2.05) is 0 Å². The smallest absolute Gasteiger partial charge is 0.854 e. The molecular weight excluding hydrogens is 534 g/mol. The van der Waals surface area contributed by atoms with Crippen molar-refractivity contribution >= 4 is 87.2 Å². The molecule has 0 rings (SSSR count). The van der Waals surface area contributed by atoms with Gasteiger partial charge in [0.2, 0.25) is 0 Å². The second-order valence-electron chi connectivity index (χ2n) is 0.894. The van der Waals surface area contributed by atoms with E-state index in [0.717, 1.165) is 0 Å². The van der Waals surface area contributed by atoms with Gasteiger partial charge >= 0.3 is 52.8 Å². The van der Waals surface area contributed by atoms with Gasteiger partial charge in [-0.3, -0.25) is 0 Å². The molecule has 19 heavy (non-hydrogen) atoms. The molecule has 0 aromatic rings. The Labute approximate surface area is 145 Å². The van der Waals surface area contributed by atoms with Gasteiger partial charge in [0.15, 0.2) is 0 Å². The Balaban J connectivity index is -0.0000000192. The molecule has 19 heteroatoms. The summed E-state index contributed by atoms with van der Waals surface area (Å²) in [6.07, 6.45) is 0. The molecule has 0 heterocycles. The monoisotopic (exact) mass is 538 g/mol. The van der Waals surface area contributed by atoms with Gasteiger partial charge in [-0.25, -0.2) is 0 Å². The molecule has 0 spiro atoms. The Morgan fingerprint density at radius 2 is 0.263 bits per heavy atom. The Hall–Kier alpha value is 2.87. The molecule has 0 unspecified atom stereocenters. The van der Waals surface area contributed by atoms with E-state index >= 15 is 0 Å². The summed E-state index contributed by atoms with van der Waals surface area (Å²) in [7, 11) is -13.5. The molecule has 104 valence electrons. The quantitative estimate of drug-likeness (QED) is 0.207. The van der Waals surface area contributed by atoms with Crippen LogP contribution in [0.2, 0.25) is 0 Å². The van der Waals surface area contributed by atoms with Gasteiger partial charge in [0.25, 0.3) is 0 Å². The molecule has 0 amide bonds. The van der Waals surface area contributed by atoms with Crippen molar-refractivity contribution in [1.29, 1.82) is 0 Å². The minimum Gasteiger partial charge on any atom is -0.854 e. The second-order valence-corrected chi connectivity index (χ2v) is 2.68. The van der Waals surface area contributed by atoms with Crippen LogP contribution >= 0.6 is 34.4 Å². The summed E-state index contributed by atoms with van der Waals surface area (Å²) in [4.78, 5) is 102. The largest absolute Gasteiger partial charge is 4.00 e. The topological polar surface area (TPSA) is 277 Å². The van der Waals surface area contributed by atoms with Crippen molar-refractivity contribution in [2.24, 2.45) is 0 Å². The fraction of sp³-hybridized carbons (Fsp3) is 0. The van der Waals surface area contributed by atoms with Gasteiger partial charge < -0.3 is 93.1 Å². The van der Waals surface area contributed by atoms with Crippen molar-refractivity contribution in [3.8, 4) is 0 Å². The van der Waals surface area contributed by atoms with Crippen molar-refractivity contribution in [1.82, 2.24) is 0 Å². The second kappa shape index (κ2) is 37.3. The van der Waals surface area contributed by atoms with Crippen LogP contribution in [-0.2, 0) is 0 Å². The summed E-state index contributed by atoms with van der Waals surface area (Å²) in [5.74, 6) is 0. The Morgan fingerprint density at radius 1 is 0.263 bits per heavy atom. The molecule has 0 aliphatic carbocycles. The van der Waals surface area contributed by atoms with Crippen LogP contribution in [0.5, 0.6) is 0 Å². The van der Waals surface area contributed by atoms with Crippen molar-refractivity contribution in [3.05, 3.63) is 0 Å². The molecule has 0 aromatic heterocycles. The molecule has 0 atom stereocenters. The first-order valence-corrected chi connectivity index (χ1v) is 6.57. The van der Waals surface area contributed by atoms with E-state index < -0.39 is 34.4 Å². The van der Waals surface area contributed by atoms with Crippen LogP contribution in [-0.4, -0.2) is 52.8 Å². The van der Waals surface area contributed by atoms with Crippen LogP contribution in [0.15, 0.2) is 0 Å². The maximum Gasteiger partial charge on any atom is 4.00 e. The molecule has 12 nitrogen and oxygen atoms in total. The van der Waals surface area contributed by atoms with E-state index in [9.17, 15) is 0 Å². The van der Waals surface area contributed by atoms with Crippen LogP contribution < -0.4 is 58.7 Å². The van der Waals surface area contributed by atoms with Crippen LogP contribution in [0.1, 0.15) is 0 Å². The minimum atomic E-state index is -3.37. The minimum absolute atomic E-state index is 0. The van der Waals surface area contributed by atoms with Crippen molar-refractivity contribution < 1.29 is 58.7 Å². The van der Waals surface area contributed by atoms with E-state index in [1.165, 1.54) is 0 Å². The number of hydrogen-bond donors (Lipinski definition) is 0. The molecule has 0 fully saturated rings. The van der Waals surface area contributed by atoms with Gasteiger partial charge in [-0.2, -0.15) is 0 Å². The maximum atomic E-state index is 8.48. The van der Waals surface area contributed by atoms with Crippen molar-refractivity contribution in [2.45, 2.75) is 0 Å². The summed E-state index contributed by atoms with van der Waals surface area (Å²) in [5.41, 5.74) is 0. The molecule has 0 radical (unpaired) electrons. The van der Waals surface area contributed by atoms with E-state index in [0.29, 0.717) is 0 Å². The SMILES string of the molecule is [Ge+4].[Ge+4].[Ge+4].[O-]P([O-])[O-].[O-]P([O-])[O-].[O-]P([O-])[O-].[O-]P([O-])[O-]. The van der Waals surface area contributed by atoms with E-state index in [1.54, 1.807) is 0 Å². The summed E-state index contributed by atoms with van der Waals surface area (Å²) < 4.78 is 0. The Morgan fingerprint density at radius 3 is 0.263 bits per heavy atom. The van der Waals surface area contributed by atoms with Crippen molar-refractivity contribution in [3.63, 3.8) is 0 Å². The fourth-order valence-corrected chi connectivity index (χ4v) is 0. The van der Waals surface area contributed by atoms with Crippen LogP contribution in [0.25, 0.3) is 0 Å². The fourth-order valence-electron chi connectivity index (χ4n) is 0. The average molecular weight is 534 g/mol. The third-order valence-corrected chi connectivity index (χ3v) is 0. The standard InChI is InChI=1S/3Ge.4O3P/c;;;4*1-4(2)3/q3*+4;4*-3. The van der Waals surface area contributed by atoms with E-state index in [2.05, 4.69) is 0 Å². The zero-order chi connectivity index (χ0) is 14.3. The van der Waals surface area contributed by atoms with Gasteiger partial charge in [-0.05, 0) is 0 Å². The van der Waals surface area contributed by atoms with Crippen LogP contribution in [0, 0.1) is 0 Å². The zero-order valence-electron chi connectivity index (χ0n) is 8.19. The number of rotatable bonds is 0. The average Bonchev–Trinajstić information content (AvgIpc) is 1.76. The predicted molar refractivity (Wildman–Crippen MR) is 44.9 cm³/mol. The summed E-state index contributed by atoms with van der Waals surface area (Å²) in [5, 5.41) is 0. The van der Waals surface area contributed by atoms with Crippen molar-refractivity contribution in [2.75, 3.05) is 0 Å². The van der Waals surface area contributed by atoms with Gasteiger partial charge in [0, 0.05) is 0 Å². The number of hydrogen-bond acceptors (Lipinski definition) is 12. The molecule has 0 N–H and O–H groups in total. The van der Waals surface area contributed by atoms with Gasteiger partial charge in [0.1, 0.15) is 0 Å². The van der Waals surface area contributed by atoms with E-state index in [-0.39, 0.29) is 52.8 Å². The predicted octanol–water partition coefficient (Wildman–Crippen LogP) is -12.0. The molecule has 0 aliphatic rings. The van der Waals surface area contributed by atoms with E-state index in [4.69, 9.17) is 58.7 Å². The molecule has 0 aliphatic heterocycles. The summed E-state index contributed by atoms with van der Waals surface area (Å²) in [6, 6.07) is 0. The maximum absolute atomic E-state index is 8.48. The Kier molecular flexibility index (Phi) is 84.5. The van der Waals surface area contributed by atoms with Crippen LogP contribution in [0.3, 0.4) is 0 Å². The first-order valence-electron chi connectivity index (χ1n) is 2.19. The first-order chi connectivity index (χ1) is 6.93. The van der Waals surface area contributed by atoms with Gasteiger partial charge in [-0.15, -0.1) is 0 Å². The van der Waals surface area contributed by atoms with Crippen LogP contribution in [0.4, 0.5) is 0 Å². The molecule has 0 aromatic carbocycles. The third kappa shape index (κ3) is 903. The molecule has 0 saturated heterocycles. The molecule has 0 saturated carbocycles. The van der Waals surface area contributed by atoms with Gasteiger partial charge in [-0.1, -0.05) is 0 Å². The third-order valence-electron chi connectivity index (χ3n) is 0. The summed E-state index contributed by atoms with van der Waals surface area (Å²) in [6.45, 7) is 0. The zero-order valence-corrected chi connectivity index (χ0v) is 18.1. The summed E-state index contributed by atoms with van der Waals surface area (Å²) >= 11 is 0. The normalized spacial score (nSPS) is 7.58. The Bertz CT molecular complexity index is 68.0. The molecule has 0 bridgehead atoms.